The zero-order valence-electron chi connectivity index (χ0n) is 6.82. The molecule has 0 saturated heterocycles. The van der Waals surface area contributed by atoms with Crippen molar-refractivity contribution < 1.29 is 19.4 Å². The Morgan fingerprint density at radius 3 is 2.07 bits per heavy atom. The number of carbonyl (C=O) groups is 2. The Morgan fingerprint density at radius 2 is 1.73 bits per heavy atom. The van der Waals surface area contributed by atoms with Crippen molar-refractivity contribution in [2.75, 3.05) is 0 Å². The maximum atomic E-state index is 10.8. The number of carboxylic acid groups (broad SMARTS) is 1. The SMILES string of the molecule is Cl.O=C(O)C=CC(=O)OC(Cl)C(Cl)(Cl)Cl. The molecule has 0 fully saturated rings. The van der Waals surface area contributed by atoms with Crippen LogP contribution >= 0.6 is 58.8 Å². The molecule has 4 nitrogen and oxygen atoms in total. The molecule has 0 bridgehead atoms. The van der Waals surface area contributed by atoms with Gasteiger partial charge in [-0.2, -0.15) is 0 Å². The fourth-order valence-corrected chi connectivity index (χ4v) is 0.569. The van der Waals surface area contributed by atoms with Crippen molar-refractivity contribution in [2.24, 2.45) is 0 Å². The van der Waals surface area contributed by atoms with Crippen molar-refractivity contribution >= 4 is 70.7 Å². The predicted molar refractivity (Wildman–Crippen MR) is 60.0 cm³/mol. The van der Waals surface area contributed by atoms with Gasteiger partial charge in [0.25, 0.3) is 0 Å². The van der Waals surface area contributed by atoms with Gasteiger partial charge in [0, 0.05) is 12.2 Å². The Morgan fingerprint density at radius 1 is 1.27 bits per heavy atom. The van der Waals surface area contributed by atoms with Gasteiger partial charge in [0.2, 0.25) is 9.36 Å². The fraction of sp³-hybridized carbons (Fsp3) is 0.333. The summed E-state index contributed by atoms with van der Waals surface area (Å²) in [6.45, 7) is 0. The molecule has 0 aromatic heterocycles. The Bertz CT molecular complexity index is 259. The molecule has 1 N–H and O–H groups in total. The van der Waals surface area contributed by atoms with Gasteiger partial charge < -0.3 is 9.84 Å². The van der Waals surface area contributed by atoms with Crippen LogP contribution in [0.4, 0.5) is 0 Å². The fourth-order valence-electron chi connectivity index (χ4n) is 0.347. The maximum Gasteiger partial charge on any atom is 0.332 e. The van der Waals surface area contributed by atoms with Crippen molar-refractivity contribution in [3.63, 3.8) is 0 Å². The molecule has 0 aromatic rings. The van der Waals surface area contributed by atoms with Crippen molar-refractivity contribution in [3.05, 3.63) is 12.2 Å². The molecule has 0 saturated carbocycles. The first-order chi connectivity index (χ1) is 6.23. The molecule has 1 unspecified atom stereocenters. The van der Waals surface area contributed by atoms with Gasteiger partial charge in [0.15, 0.2) is 0 Å². The first-order valence-electron chi connectivity index (χ1n) is 3.06. The number of hydrogen-bond donors (Lipinski definition) is 1. The smallest absolute Gasteiger partial charge is 0.332 e. The van der Waals surface area contributed by atoms with Crippen molar-refractivity contribution in [1.29, 1.82) is 0 Å². The van der Waals surface area contributed by atoms with Gasteiger partial charge in [-0.15, -0.1) is 12.4 Å². The number of alkyl halides is 4. The lowest BCUT2D eigenvalue weighted by Crippen LogP contribution is -2.25. The highest BCUT2D eigenvalue weighted by atomic mass is 35.6. The number of carboxylic acids is 1. The van der Waals surface area contributed by atoms with Gasteiger partial charge in [-0.05, 0) is 0 Å². The average Bonchev–Trinajstić information content (AvgIpc) is 1.99. The normalized spacial score (nSPS) is 13.1. The minimum absolute atomic E-state index is 0. The topological polar surface area (TPSA) is 63.6 Å². The van der Waals surface area contributed by atoms with Gasteiger partial charge >= 0.3 is 11.9 Å². The third-order valence-corrected chi connectivity index (χ3v) is 2.19. The Kier molecular flexibility index (Phi) is 8.66. The largest absolute Gasteiger partial charge is 0.478 e. The van der Waals surface area contributed by atoms with Crippen molar-refractivity contribution in [2.45, 2.75) is 9.36 Å². The summed E-state index contributed by atoms with van der Waals surface area (Å²) in [5, 5.41) is 8.15. The molecule has 15 heavy (non-hydrogen) atoms. The van der Waals surface area contributed by atoms with Crippen LogP contribution in [0.1, 0.15) is 0 Å². The van der Waals surface area contributed by atoms with Crippen molar-refractivity contribution in [3.8, 4) is 0 Å². The van der Waals surface area contributed by atoms with E-state index in [2.05, 4.69) is 4.74 Å². The molecule has 0 heterocycles. The second-order valence-corrected chi connectivity index (χ2v) is 4.73. The van der Waals surface area contributed by atoms with E-state index in [0.29, 0.717) is 12.2 Å². The van der Waals surface area contributed by atoms with Crippen LogP contribution in [0, 0.1) is 0 Å². The van der Waals surface area contributed by atoms with E-state index >= 15 is 0 Å². The summed E-state index contributed by atoms with van der Waals surface area (Å²) in [5.74, 6) is -2.32. The van der Waals surface area contributed by atoms with Crippen LogP contribution < -0.4 is 0 Å². The highest BCUT2D eigenvalue weighted by Crippen LogP contribution is 2.34. The molecule has 0 spiro atoms. The van der Waals surface area contributed by atoms with Crippen LogP contribution in [0.2, 0.25) is 0 Å². The standard InChI is InChI=1S/C6H4Cl4O4.ClH/c7-5(6(8,9)10)14-4(13)2-1-3(11)12;/h1-2,5H,(H,11,12);1H. The number of hydrogen-bond acceptors (Lipinski definition) is 3. The molecule has 0 aliphatic rings. The Balaban J connectivity index is 0. The third kappa shape index (κ3) is 9.08. The number of ether oxygens (including phenoxy) is 1. The van der Waals surface area contributed by atoms with Gasteiger partial charge in [-0.1, -0.05) is 46.4 Å². The van der Waals surface area contributed by atoms with E-state index in [-0.39, 0.29) is 12.4 Å². The number of aliphatic carboxylic acids is 1. The van der Waals surface area contributed by atoms with Gasteiger partial charge in [-0.3, -0.25) is 0 Å². The number of carbonyl (C=O) groups excluding carboxylic acids is 1. The zero-order chi connectivity index (χ0) is 11.4. The van der Waals surface area contributed by atoms with Gasteiger partial charge in [0.1, 0.15) is 0 Å². The molecule has 0 aliphatic heterocycles. The van der Waals surface area contributed by atoms with Crippen molar-refractivity contribution in [1.82, 2.24) is 0 Å². The zero-order valence-corrected chi connectivity index (χ0v) is 10.7. The van der Waals surface area contributed by atoms with E-state index in [1.54, 1.807) is 0 Å². The number of esters is 1. The number of rotatable bonds is 3. The highest BCUT2D eigenvalue weighted by Gasteiger charge is 2.33. The Hall–Kier alpha value is 0.130. The summed E-state index contributed by atoms with van der Waals surface area (Å²) in [6.07, 6.45) is 1.22. The van der Waals surface area contributed by atoms with E-state index < -0.39 is 21.3 Å². The minimum atomic E-state index is -1.96. The summed E-state index contributed by atoms with van der Waals surface area (Å²) in [5.41, 5.74) is -1.49. The monoisotopic (exact) mass is 316 g/mol. The first kappa shape index (κ1) is 17.5. The van der Waals surface area contributed by atoms with Gasteiger partial charge in [0.05, 0.1) is 0 Å². The molecule has 0 aliphatic carbocycles. The highest BCUT2D eigenvalue weighted by molar-refractivity contribution is 6.70. The van der Waals surface area contributed by atoms with E-state index in [1.165, 1.54) is 0 Å². The predicted octanol–water partition coefficient (Wildman–Crippen LogP) is 2.53. The molecule has 88 valence electrons. The minimum Gasteiger partial charge on any atom is -0.478 e. The van der Waals surface area contributed by atoms with E-state index in [0.717, 1.165) is 0 Å². The summed E-state index contributed by atoms with van der Waals surface area (Å²) < 4.78 is 2.38. The lowest BCUT2D eigenvalue weighted by molar-refractivity contribution is -0.140. The molecule has 9 heteroatoms. The quantitative estimate of drug-likeness (QED) is 0.493. The van der Waals surface area contributed by atoms with Crippen LogP contribution in [0.5, 0.6) is 0 Å². The van der Waals surface area contributed by atoms with Crippen LogP contribution in [-0.2, 0) is 14.3 Å². The summed E-state index contributed by atoms with van der Waals surface area (Å²) in [6, 6.07) is 0. The van der Waals surface area contributed by atoms with Crippen LogP contribution in [0.3, 0.4) is 0 Å². The Labute approximate surface area is 111 Å². The summed E-state index contributed by atoms with van der Waals surface area (Å²) >= 11 is 21.2. The van der Waals surface area contributed by atoms with Gasteiger partial charge in [-0.25, -0.2) is 9.59 Å². The molecule has 1 atom stereocenters. The average molecular weight is 318 g/mol. The maximum absolute atomic E-state index is 10.8. The molecular formula is C6H5Cl5O4. The molecular weight excluding hydrogens is 313 g/mol. The van der Waals surface area contributed by atoms with Crippen LogP contribution in [0.15, 0.2) is 12.2 Å². The van der Waals surface area contributed by atoms with E-state index in [9.17, 15) is 9.59 Å². The third-order valence-electron chi connectivity index (χ3n) is 0.839. The molecule has 0 radical (unpaired) electrons. The second-order valence-electron chi connectivity index (χ2n) is 1.97. The molecule has 0 rings (SSSR count). The lowest BCUT2D eigenvalue weighted by atomic mass is 10.5. The summed E-state index contributed by atoms with van der Waals surface area (Å²) in [4.78, 5) is 20.8. The second kappa shape index (κ2) is 7.41. The van der Waals surface area contributed by atoms with E-state index in [4.69, 9.17) is 51.5 Å². The first-order valence-corrected chi connectivity index (χ1v) is 4.63. The number of halogens is 5. The molecule has 0 amide bonds. The van der Waals surface area contributed by atoms with E-state index in [1.807, 2.05) is 0 Å². The van der Waals surface area contributed by atoms with Crippen LogP contribution in [-0.4, -0.2) is 26.4 Å². The van der Waals surface area contributed by atoms with Crippen LogP contribution in [0.25, 0.3) is 0 Å². The molecule has 0 aromatic carbocycles. The summed E-state index contributed by atoms with van der Waals surface area (Å²) in [7, 11) is 0. The lowest BCUT2D eigenvalue weighted by Gasteiger charge is -2.16.